The van der Waals surface area contributed by atoms with E-state index in [4.69, 9.17) is 20.4 Å². The molecule has 1 aromatic rings. The molecule has 4 N–H and O–H groups in total. The molecule has 1 atom stereocenters. The molecule has 22 heavy (non-hydrogen) atoms. The van der Waals surface area contributed by atoms with Gasteiger partial charge in [-0.2, -0.15) is 0 Å². The normalized spacial score (nSPS) is 13.5. The molecule has 0 radical (unpaired) electrons. The quantitative estimate of drug-likeness (QED) is 0.250. The summed E-state index contributed by atoms with van der Waals surface area (Å²) in [5.74, 6) is 0.00950. The maximum atomic E-state index is 11.6. The number of nitrogens with two attached hydrogens (primary N) is 1. The Morgan fingerprint density at radius 3 is 2.36 bits per heavy atom. The summed E-state index contributed by atoms with van der Waals surface area (Å²) in [7, 11) is 0. The minimum atomic E-state index is -0.820. The molecule has 0 spiro atoms. The molecule has 7 heteroatoms. The Balaban J connectivity index is 2.64. The second kappa shape index (κ2) is 7.65. The third-order valence-corrected chi connectivity index (χ3v) is 2.68. The Kier molecular flexibility index (Phi) is 6.18. The van der Waals surface area contributed by atoms with Gasteiger partial charge in [0.1, 0.15) is 11.7 Å². The van der Waals surface area contributed by atoms with Gasteiger partial charge in [0.2, 0.25) is 0 Å². The van der Waals surface area contributed by atoms with Gasteiger partial charge in [-0.25, -0.2) is 4.79 Å². The van der Waals surface area contributed by atoms with Crippen molar-refractivity contribution in [1.82, 2.24) is 0 Å². The van der Waals surface area contributed by atoms with Crippen LogP contribution in [0, 0.1) is 0 Å². The van der Waals surface area contributed by atoms with E-state index in [-0.39, 0.29) is 12.4 Å². The molecule has 0 fully saturated rings. The van der Waals surface area contributed by atoms with E-state index in [1.807, 2.05) is 0 Å². The van der Waals surface area contributed by atoms with Crippen LogP contribution in [-0.4, -0.2) is 40.6 Å². The summed E-state index contributed by atoms with van der Waals surface area (Å²) in [4.78, 5) is 11.6. The fourth-order valence-electron chi connectivity index (χ4n) is 1.69. The van der Waals surface area contributed by atoms with Crippen molar-refractivity contribution < 1.29 is 24.6 Å². The summed E-state index contributed by atoms with van der Waals surface area (Å²) in [5.41, 5.74) is 6.22. The number of hydrogen-bond donors (Lipinski definition) is 3. The molecule has 0 amide bonds. The maximum absolute atomic E-state index is 11.6. The number of oxime groups is 1. The average molecular weight is 310 g/mol. The number of carbonyl (C=O) groups excluding carboxylic acids is 1. The zero-order valence-corrected chi connectivity index (χ0v) is 12.9. The summed E-state index contributed by atoms with van der Waals surface area (Å²) in [6.45, 7) is 4.87. The lowest BCUT2D eigenvalue weighted by atomic mass is 10.1. The fraction of sp³-hybridized carbons (Fsp3) is 0.467. The van der Waals surface area contributed by atoms with Crippen molar-refractivity contribution in [1.29, 1.82) is 0 Å². The molecule has 7 nitrogen and oxygen atoms in total. The molecule has 0 heterocycles. The number of hydrogen-bond acceptors (Lipinski definition) is 6. The largest absolute Gasteiger partial charge is 0.509 e. The first-order valence-electron chi connectivity index (χ1n) is 6.82. The van der Waals surface area contributed by atoms with Gasteiger partial charge in [0, 0.05) is 12.0 Å². The van der Waals surface area contributed by atoms with E-state index in [0.29, 0.717) is 12.0 Å². The fourth-order valence-corrected chi connectivity index (χ4v) is 1.69. The predicted octanol–water partition coefficient (Wildman–Crippen LogP) is 1.64. The van der Waals surface area contributed by atoms with Crippen molar-refractivity contribution in [3.05, 3.63) is 35.4 Å². The molecule has 1 aromatic carbocycles. The first-order chi connectivity index (χ1) is 10.2. The van der Waals surface area contributed by atoms with Crippen molar-refractivity contribution in [2.75, 3.05) is 6.61 Å². The van der Waals surface area contributed by atoms with Crippen molar-refractivity contribution in [3.63, 3.8) is 0 Å². The van der Waals surface area contributed by atoms with Crippen LogP contribution in [-0.2, 0) is 15.9 Å². The smallest absolute Gasteiger partial charge is 0.429 e. The number of nitrogens with zero attached hydrogens (tertiary/aromatic N) is 1. The van der Waals surface area contributed by atoms with Gasteiger partial charge in [0.05, 0.1) is 6.61 Å². The minimum Gasteiger partial charge on any atom is -0.429 e. The third kappa shape index (κ3) is 6.01. The van der Waals surface area contributed by atoms with Gasteiger partial charge < -0.3 is 25.5 Å². The van der Waals surface area contributed by atoms with E-state index < -0.39 is 17.9 Å². The zero-order chi connectivity index (χ0) is 16.8. The van der Waals surface area contributed by atoms with Gasteiger partial charge in [0.25, 0.3) is 0 Å². The highest BCUT2D eigenvalue weighted by atomic mass is 16.7. The lowest BCUT2D eigenvalue weighted by Crippen LogP contribution is -2.30. The molecule has 1 rings (SSSR count). The Morgan fingerprint density at radius 2 is 1.91 bits per heavy atom. The summed E-state index contributed by atoms with van der Waals surface area (Å²) >= 11 is 0. The number of aliphatic hydroxyl groups is 1. The molecule has 0 aromatic heterocycles. The monoisotopic (exact) mass is 310 g/mol. The highest BCUT2D eigenvalue weighted by molar-refractivity contribution is 5.96. The minimum absolute atomic E-state index is 0.00950. The van der Waals surface area contributed by atoms with E-state index in [0.717, 1.165) is 5.56 Å². The molecule has 0 bridgehead atoms. The lowest BCUT2D eigenvalue weighted by molar-refractivity contribution is -0.0375. The van der Waals surface area contributed by atoms with E-state index >= 15 is 0 Å². The third-order valence-electron chi connectivity index (χ3n) is 2.68. The Labute approximate surface area is 129 Å². The number of ether oxygens (including phenoxy) is 2. The number of aliphatic hydroxyl groups excluding tert-OH is 1. The highest BCUT2D eigenvalue weighted by Gasteiger charge is 2.21. The van der Waals surface area contributed by atoms with E-state index in [2.05, 4.69) is 5.16 Å². The maximum Gasteiger partial charge on any atom is 0.509 e. The summed E-state index contributed by atoms with van der Waals surface area (Å²) in [6, 6.07) is 6.83. The van der Waals surface area contributed by atoms with Crippen molar-refractivity contribution in [2.45, 2.75) is 38.9 Å². The van der Waals surface area contributed by atoms with Crippen LogP contribution in [0.3, 0.4) is 0 Å². The molecule has 122 valence electrons. The predicted molar refractivity (Wildman–Crippen MR) is 80.8 cm³/mol. The molecular weight excluding hydrogens is 288 g/mol. The van der Waals surface area contributed by atoms with Gasteiger partial charge in [-0.1, -0.05) is 29.4 Å². The van der Waals surface area contributed by atoms with Crippen LogP contribution in [0.15, 0.2) is 29.4 Å². The second-order valence-corrected chi connectivity index (χ2v) is 5.77. The van der Waals surface area contributed by atoms with Gasteiger partial charge in [-0.15, -0.1) is 0 Å². The topological polar surface area (TPSA) is 114 Å². The standard InChI is InChI=1S/C15H22N2O5/c1-15(2,3)22-14(19)21-12(9-18)8-10-4-6-11(7-5-10)13(16)17-20/h4-7,12,18,20H,8-9H2,1-3H3,(H2,16,17)/t12-/m0/s1. The molecule has 0 aliphatic heterocycles. The van der Waals surface area contributed by atoms with E-state index in [1.165, 1.54) is 0 Å². The van der Waals surface area contributed by atoms with Crippen molar-refractivity contribution >= 4 is 12.0 Å². The van der Waals surface area contributed by atoms with Crippen LogP contribution >= 0.6 is 0 Å². The Bertz CT molecular complexity index is 520. The first kappa shape index (κ1) is 17.8. The molecule has 0 unspecified atom stereocenters. The lowest BCUT2D eigenvalue weighted by Gasteiger charge is -2.21. The summed E-state index contributed by atoms with van der Waals surface area (Å²) in [5, 5.41) is 20.8. The van der Waals surface area contributed by atoms with Crippen LogP contribution in [0.1, 0.15) is 31.9 Å². The van der Waals surface area contributed by atoms with Gasteiger partial charge in [-0.3, -0.25) is 0 Å². The molecule has 0 saturated heterocycles. The van der Waals surface area contributed by atoms with Crippen LogP contribution < -0.4 is 5.73 Å². The zero-order valence-electron chi connectivity index (χ0n) is 12.9. The van der Waals surface area contributed by atoms with Gasteiger partial charge in [0.15, 0.2) is 5.84 Å². The average Bonchev–Trinajstić information content (AvgIpc) is 2.44. The summed E-state index contributed by atoms with van der Waals surface area (Å²) < 4.78 is 10.1. The van der Waals surface area contributed by atoms with E-state index in [9.17, 15) is 9.90 Å². The van der Waals surface area contributed by atoms with Gasteiger partial charge in [-0.05, 0) is 26.3 Å². The van der Waals surface area contributed by atoms with Gasteiger partial charge >= 0.3 is 6.16 Å². The highest BCUT2D eigenvalue weighted by Crippen LogP contribution is 2.12. The first-order valence-corrected chi connectivity index (χ1v) is 6.82. The van der Waals surface area contributed by atoms with Crippen molar-refractivity contribution in [3.8, 4) is 0 Å². The molecule has 0 saturated carbocycles. The SMILES string of the molecule is CC(C)(C)OC(=O)O[C@H](CO)Cc1ccc(C(N)=NO)cc1. The van der Waals surface area contributed by atoms with Crippen molar-refractivity contribution in [2.24, 2.45) is 10.9 Å². The molecule has 0 aliphatic carbocycles. The number of rotatable bonds is 5. The Morgan fingerprint density at radius 1 is 1.32 bits per heavy atom. The van der Waals surface area contributed by atoms with Crippen LogP contribution in [0.2, 0.25) is 0 Å². The van der Waals surface area contributed by atoms with Crippen LogP contribution in [0.4, 0.5) is 4.79 Å². The number of amidine groups is 1. The van der Waals surface area contributed by atoms with Crippen LogP contribution in [0.5, 0.6) is 0 Å². The Hall–Kier alpha value is -2.28. The second-order valence-electron chi connectivity index (χ2n) is 5.77. The number of benzene rings is 1. The van der Waals surface area contributed by atoms with Crippen LogP contribution in [0.25, 0.3) is 0 Å². The summed E-state index contributed by atoms with van der Waals surface area (Å²) in [6.07, 6.45) is -1.20. The number of carbonyl (C=O) groups is 1. The van der Waals surface area contributed by atoms with E-state index in [1.54, 1.807) is 45.0 Å². The molecular formula is C15H22N2O5. The molecule has 0 aliphatic rings.